The van der Waals surface area contributed by atoms with Gasteiger partial charge in [-0.15, -0.1) is 0 Å². The van der Waals surface area contributed by atoms with Crippen molar-refractivity contribution in [3.05, 3.63) is 47.5 Å². The molecule has 0 saturated carbocycles. The zero-order valence-corrected chi connectivity index (χ0v) is 13.6. The number of ether oxygens (including phenoxy) is 4. The molecule has 0 aromatic heterocycles. The highest BCUT2D eigenvalue weighted by Gasteiger charge is 2.17. The van der Waals surface area contributed by atoms with E-state index in [4.69, 9.17) is 18.9 Å². The van der Waals surface area contributed by atoms with Crippen LogP contribution >= 0.6 is 0 Å². The third kappa shape index (κ3) is 3.22. The number of para-hydroxylation sites is 1. The maximum Gasteiger partial charge on any atom is 0.255 e. The van der Waals surface area contributed by atoms with E-state index in [1.165, 1.54) is 14.2 Å². The zero-order valence-electron chi connectivity index (χ0n) is 13.6. The van der Waals surface area contributed by atoms with Crippen molar-refractivity contribution in [1.82, 2.24) is 5.32 Å². The molecule has 1 heterocycles. The van der Waals surface area contributed by atoms with Gasteiger partial charge in [-0.25, -0.2) is 0 Å². The molecule has 0 radical (unpaired) electrons. The average Bonchev–Trinajstić information content (AvgIpc) is 2.65. The lowest BCUT2D eigenvalue weighted by Gasteiger charge is -2.19. The van der Waals surface area contributed by atoms with Gasteiger partial charge in [-0.2, -0.15) is 0 Å². The fraction of sp³-hybridized carbons (Fsp3) is 0.278. The second-order valence-corrected chi connectivity index (χ2v) is 5.20. The van der Waals surface area contributed by atoms with Crippen LogP contribution in [0.5, 0.6) is 23.0 Å². The van der Waals surface area contributed by atoms with E-state index in [0.29, 0.717) is 42.6 Å². The largest absolute Gasteiger partial charge is 0.493 e. The fourth-order valence-electron chi connectivity index (χ4n) is 2.54. The van der Waals surface area contributed by atoms with Gasteiger partial charge in [0, 0.05) is 6.54 Å². The Balaban J connectivity index is 1.72. The lowest BCUT2D eigenvalue weighted by molar-refractivity contribution is 0.0947. The van der Waals surface area contributed by atoms with Gasteiger partial charge in [0.1, 0.15) is 13.2 Å². The molecule has 1 aliphatic rings. The van der Waals surface area contributed by atoms with Gasteiger partial charge < -0.3 is 24.3 Å². The quantitative estimate of drug-likeness (QED) is 0.912. The Bertz CT molecular complexity index is 744. The predicted molar refractivity (Wildman–Crippen MR) is 88.1 cm³/mol. The van der Waals surface area contributed by atoms with Gasteiger partial charge in [-0.1, -0.05) is 12.1 Å². The van der Waals surface area contributed by atoms with Crippen molar-refractivity contribution < 1.29 is 23.7 Å². The highest BCUT2D eigenvalue weighted by molar-refractivity contribution is 5.97. The summed E-state index contributed by atoms with van der Waals surface area (Å²) in [4.78, 5) is 12.5. The summed E-state index contributed by atoms with van der Waals surface area (Å²) in [6.07, 6.45) is 0. The van der Waals surface area contributed by atoms with E-state index in [2.05, 4.69) is 5.32 Å². The monoisotopic (exact) mass is 329 g/mol. The molecule has 3 rings (SSSR count). The van der Waals surface area contributed by atoms with E-state index in [1.807, 2.05) is 18.2 Å². The lowest BCUT2D eigenvalue weighted by Crippen LogP contribution is -2.23. The average molecular weight is 329 g/mol. The molecule has 2 aromatic rings. The first kappa shape index (κ1) is 16.0. The Morgan fingerprint density at radius 1 is 1.08 bits per heavy atom. The Morgan fingerprint density at radius 2 is 1.88 bits per heavy atom. The summed E-state index contributed by atoms with van der Waals surface area (Å²) in [7, 11) is 3.05. The van der Waals surface area contributed by atoms with Gasteiger partial charge >= 0.3 is 0 Å². The van der Waals surface area contributed by atoms with Gasteiger partial charge in [0.2, 0.25) is 0 Å². The van der Waals surface area contributed by atoms with Crippen LogP contribution < -0.4 is 24.3 Å². The Labute approximate surface area is 140 Å². The molecule has 0 bridgehead atoms. The molecule has 1 aliphatic heterocycles. The summed E-state index contributed by atoms with van der Waals surface area (Å²) in [6, 6.07) is 10.8. The summed E-state index contributed by atoms with van der Waals surface area (Å²) in [5.41, 5.74) is 1.35. The number of nitrogens with one attached hydrogen (secondary N) is 1. The van der Waals surface area contributed by atoms with Crippen LogP contribution in [0.1, 0.15) is 15.9 Å². The number of hydrogen-bond acceptors (Lipinski definition) is 5. The van der Waals surface area contributed by atoms with E-state index >= 15 is 0 Å². The SMILES string of the molecule is COc1cccc(C(=O)NCc2ccc3c(c2)OCCO3)c1OC. The first-order chi connectivity index (χ1) is 11.7. The molecule has 0 fully saturated rings. The standard InChI is InChI=1S/C18H19NO5/c1-21-15-5-3-4-13(17(15)22-2)18(20)19-11-12-6-7-14-16(10-12)24-9-8-23-14/h3-7,10H,8-9,11H2,1-2H3,(H,19,20). The van der Waals surface area contributed by atoms with Crippen molar-refractivity contribution >= 4 is 5.91 Å². The molecule has 6 nitrogen and oxygen atoms in total. The number of carbonyl (C=O) groups is 1. The number of fused-ring (bicyclic) bond motifs is 1. The minimum absolute atomic E-state index is 0.236. The molecule has 126 valence electrons. The lowest BCUT2D eigenvalue weighted by atomic mass is 10.1. The number of hydrogen-bond donors (Lipinski definition) is 1. The van der Waals surface area contributed by atoms with E-state index in [0.717, 1.165) is 11.3 Å². The summed E-state index contributed by atoms with van der Waals surface area (Å²) in [5, 5.41) is 2.88. The molecule has 1 amide bonds. The van der Waals surface area contributed by atoms with Crippen LogP contribution in [-0.2, 0) is 6.54 Å². The van der Waals surface area contributed by atoms with Crippen LogP contribution in [0.2, 0.25) is 0 Å². The number of amides is 1. The van der Waals surface area contributed by atoms with Gasteiger partial charge in [0.05, 0.1) is 19.8 Å². The fourth-order valence-corrected chi connectivity index (χ4v) is 2.54. The maximum atomic E-state index is 12.5. The normalized spacial score (nSPS) is 12.4. The minimum Gasteiger partial charge on any atom is -0.493 e. The van der Waals surface area contributed by atoms with E-state index in [9.17, 15) is 4.79 Å². The Kier molecular flexibility index (Phi) is 4.74. The van der Waals surface area contributed by atoms with Crippen molar-refractivity contribution in [3.8, 4) is 23.0 Å². The summed E-state index contributed by atoms with van der Waals surface area (Å²) >= 11 is 0. The first-order valence-electron chi connectivity index (χ1n) is 7.60. The highest BCUT2D eigenvalue weighted by atomic mass is 16.6. The van der Waals surface area contributed by atoms with Crippen LogP contribution in [0.3, 0.4) is 0 Å². The van der Waals surface area contributed by atoms with E-state index in [1.54, 1.807) is 18.2 Å². The minimum atomic E-state index is -0.236. The second-order valence-electron chi connectivity index (χ2n) is 5.20. The number of rotatable bonds is 5. The molecule has 0 aliphatic carbocycles. The molecule has 1 N–H and O–H groups in total. The summed E-state index contributed by atoms with van der Waals surface area (Å²) < 4.78 is 21.5. The zero-order chi connectivity index (χ0) is 16.9. The van der Waals surface area contributed by atoms with E-state index < -0.39 is 0 Å². The Hall–Kier alpha value is -2.89. The number of benzene rings is 2. The van der Waals surface area contributed by atoms with Crippen LogP contribution in [0, 0.1) is 0 Å². The molecule has 0 saturated heterocycles. The molecule has 24 heavy (non-hydrogen) atoms. The molecular formula is C18H19NO5. The molecule has 2 aromatic carbocycles. The van der Waals surface area contributed by atoms with Crippen LogP contribution in [-0.4, -0.2) is 33.3 Å². The first-order valence-corrected chi connectivity index (χ1v) is 7.60. The molecular weight excluding hydrogens is 310 g/mol. The number of methoxy groups -OCH3 is 2. The Morgan fingerprint density at radius 3 is 2.62 bits per heavy atom. The van der Waals surface area contributed by atoms with E-state index in [-0.39, 0.29) is 5.91 Å². The molecule has 0 unspecified atom stereocenters. The predicted octanol–water partition coefficient (Wildman–Crippen LogP) is 2.41. The van der Waals surface area contributed by atoms with Gasteiger partial charge in [-0.05, 0) is 29.8 Å². The molecule has 6 heteroatoms. The molecule has 0 spiro atoms. The van der Waals surface area contributed by atoms with Crippen LogP contribution in [0.25, 0.3) is 0 Å². The van der Waals surface area contributed by atoms with Crippen LogP contribution in [0.15, 0.2) is 36.4 Å². The summed E-state index contributed by atoms with van der Waals surface area (Å²) in [6.45, 7) is 1.46. The van der Waals surface area contributed by atoms with Crippen molar-refractivity contribution in [2.45, 2.75) is 6.54 Å². The van der Waals surface area contributed by atoms with Gasteiger partial charge in [-0.3, -0.25) is 4.79 Å². The third-order valence-corrected chi connectivity index (χ3v) is 3.71. The van der Waals surface area contributed by atoms with Crippen molar-refractivity contribution in [2.75, 3.05) is 27.4 Å². The maximum absolute atomic E-state index is 12.5. The summed E-state index contributed by atoms with van der Waals surface area (Å²) in [5.74, 6) is 2.13. The van der Waals surface area contributed by atoms with Crippen molar-refractivity contribution in [1.29, 1.82) is 0 Å². The third-order valence-electron chi connectivity index (χ3n) is 3.71. The van der Waals surface area contributed by atoms with Gasteiger partial charge in [0.15, 0.2) is 23.0 Å². The van der Waals surface area contributed by atoms with Gasteiger partial charge in [0.25, 0.3) is 5.91 Å². The number of carbonyl (C=O) groups excluding carboxylic acids is 1. The van der Waals surface area contributed by atoms with Crippen molar-refractivity contribution in [3.63, 3.8) is 0 Å². The van der Waals surface area contributed by atoms with Crippen LogP contribution in [0.4, 0.5) is 0 Å². The molecule has 0 atom stereocenters. The smallest absolute Gasteiger partial charge is 0.255 e. The highest BCUT2D eigenvalue weighted by Crippen LogP contribution is 2.32. The van der Waals surface area contributed by atoms with Crippen molar-refractivity contribution in [2.24, 2.45) is 0 Å². The second kappa shape index (κ2) is 7.12. The topological polar surface area (TPSA) is 66.0 Å².